The van der Waals surface area contributed by atoms with E-state index >= 15 is 0 Å². The predicted molar refractivity (Wildman–Crippen MR) is 81.7 cm³/mol. The number of nitrogens with one attached hydrogen (secondary N) is 1. The van der Waals surface area contributed by atoms with Crippen molar-refractivity contribution < 1.29 is 0 Å². The van der Waals surface area contributed by atoms with Gasteiger partial charge in [-0.05, 0) is 57.2 Å². The number of hydrogen-bond acceptors (Lipinski definition) is 1. The van der Waals surface area contributed by atoms with Crippen molar-refractivity contribution in [3.05, 3.63) is 34.9 Å². The van der Waals surface area contributed by atoms with Gasteiger partial charge in [0.1, 0.15) is 0 Å². The van der Waals surface area contributed by atoms with E-state index in [1.807, 2.05) is 12.1 Å². The Morgan fingerprint density at radius 2 is 1.84 bits per heavy atom. The van der Waals surface area contributed by atoms with Crippen molar-refractivity contribution in [2.75, 3.05) is 0 Å². The minimum absolute atomic E-state index is 0.0348. The SMILES string of the molecule is CC(C)(C)NC(N)=NC1CC(c2ccc(Cl)cc2)C1. The zero-order valence-electron chi connectivity index (χ0n) is 11.8. The van der Waals surface area contributed by atoms with Crippen LogP contribution in [0.1, 0.15) is 45.1 Å². The molecule has 1 saturated carbocycles. The summed E-state index contributed by atoms with van der Waals surface area (Å²) < 4.78 is 0. The number of nitrogens with two attached hydrogens (primary N) is 1. The van der Waals surface area contributed by atoms with E-state index < -0.39 is 0 Å². The normalized spacial score (nSPS) is 23.9. The topological polar surface area (TPSA) is 50.4 Å². The van der Waals surface area contributed by atoms with E-state index in [1.54, 1.807) is 0 Å². The van der Waals surface area contributed by atoms with Crippen LogP contribution in [0.3, 0.4) is 0 Å². The monoisotopic (exact) mass is 279 g/mol. The second kappa shape index (κ2) is 5.41. The Kier molecular flexibility index (Phi) is 4.04. The van der Waals surface area contributed by atoms with Gasteiger partial charge in [0, 0.05) is 10.6 Å². The highest BCUT2D eigenvalue weighted by atomic mass is 35.5. The summed E-state index contributed by atoms with van der Waals surface area (Å²) in [6.07, 6.45) is 2.13. The van der Waals surface area contributed by atoms with Gasteiger partial charge in [-0.15, -0.1) is 0 Å². The molecule has 104 valence electrons. The molecule has 0 heterocycles. The van der Waals surface area contributed by atoms with Crippen LogP contribution in [0, 0.1) is 0 Å². The third kappa shape index (κ3) is 4.13. The lowest BCUT2D eigenvalue weighted by molar-refractivity contribution is 0.351. The number of guanidine groups is 1. The van der Waals surface area contributed by atoms with Crippen molar-refractivity contribution in [1.82, 2.24) is 5.32 Å². The molecule has 0 aliphatic heterocycles. The van der Waals surface area contributed by atoms with Gasteiger partial charge in [0.2, 0.25) is 0 Å². The molecule has 0 radical (unpaired) electrons. The van der Waals surface area contributed by atoms with Crippen molar-refractivity contribution >= 4 is 17.6 Å². The highest BCUT2D eigenvalue weighted by Crippen LogP contribution is 2.39. The lowest BCUT2D eigenvalue weighted by atomic mass is 9.76. The maximum Gasteiger partial charge on any atom is 0.189 e. The Hall–Kier alpha value is -1.22. The summed E-state index contributed by atoms with van der Waals surface area (Å²) in [5.41, 5.74) is 7.21. The Balaban J connectivity index is 1.86. The lowest BCUT2D eigenvalue weighted by Crippen LogP contribution is -2.46. The number of halogens is 1. The van der Waals surface area contributed by atoms with E-state index in [0.717, 1.165) is 17.9 Å². The van der Waals surface area contributed by atoms with Crippen LogP contribution in [0.5, 0.6) is 0 Å². The molecule has 1 aromatic rings. The van der Waals surface area contributed by atoms with E-state index in [-0.39, 0.29) is 5.54 Å². The number of benzene rings is 1. The molecule has 0 spiro atoms. The summed E-state index contributed by atoms with van der Waals surface area (Å²) in [6.45, 7) is 6.23. The zero-order valence-corrected chi connectivity index (χ0v) is 12.5. The van der Waals surface area contributed by atoms with Gasteiger partial charge in [0.05, 0.1) is 6.04 Å². The fourth-order valence-corrected chi connectivity index (χ4v) is 2.44. The molecule has 0 aromatic heterocycles. The quantitative estimate of drug-likeness (QED) is 0.645. The van der Waals surface area contributed by atoms with Crippen LogP contribution in [0.15, 0.2) is 29.3 Å². The van der Waals surface area contributed by atoms with Crippen LogP contribution in [0.25, 0.3) is 0 Å². The smallest absolute Gasteiger partial charge is 0.189 e. The second-order valence-electron chi connectivity index (χ2n) is 6.26. The van der Waals surface area contributed by atoms with Gasteiger partial charge in [0.15, 0.2) is 5.96 Å². The van der Waals surface area contributed by atoms with E-state index in [2.05, 4.69) is 43.2 Å². The van der Waals surface area contributed by atoms with E-state index in [4.69, 9.17) is 17.3 Å². The molecule has 3 nitrogen and oxygen atoms in total. The molecule has 19 heavy (non-hydrogen) atoms. The van der Waals surface area contributed by atoms with Gasteiger partial charge in [-0.25, -0.2) is 0 Å². The average Bonchev–Trinajstić information content (AvgIpc) is 2.22. The Morgan fingerprint density at radius 1 is 1.26 bits per heavy atom. The van der Waals surface area contributed by atoms with E-state index in [1.165, 1.54) is 5.56 Å². The fourth-order valence-electron chi connectivity index (χ4n) is 2.31. The number of rotatable bonds is 2. The standard InChI is InChI=1S/C15H22ClN3/c1-15(2,3)19-14(17)18-13-8-11(9-13)10-4-6-12(16)7-5-10/h4-7,11,13H,8-9H2,1-3H3,(H3,17,18,19). The molecule has 0 amide bonds. The summed E-state index contributed by atoms with van der Waals surface area (Å²) in [4.78, 5) is 4.52. The van der Waals surface area contributed by atoms with Crippen LogP contribution in [0.4, 0.5) is 0 Å². The molecule has 2 rings (SSSR count). The van der Waals surface area contributed by atoms with Gasteiger partial charge in [-0.2, -0.15) is 0 Å². The summed E-state index contributed by atoms with van der Waals surface area (Å²) >= 11 is 5.89. The van der Waals surface area contributed by atoms with Crippen LogP contribution in [-0.2, 0) is 0 Å². The molecule has 1 aromatic carbocycles. The first-order chi connectivity index (χ1) is 8.83. The van der Waals surface area contributed by atoms with Gasteiger partial charge in [-0.1, -0.05) is 23.7 Å². The third-order valence-corrected chi connectivity index (χ3v) is 3.53. The zero-order chi connectivity index (χ0) is 14.0. The predicted octanol–water partition coefficient (Wildman–Crippen LogP) is 3.29. The van der Waals surface area contributed by atoms with Gasteiger partial charge >= 0.3 is 0 Å². The van der Waals surface area contributed by atoms with Crippen molar-refractivity contribution in [2.45, 2.75) is 51.1 Å². The molecule has 0 atom stereocenters. The number of nitrogens with zero attached hydrogens (tertiary/aromatic N) is 1. The molecule has 3 N–H and O–H groups in total. The Morgan fingerprint density at radius 3 is 2.37 bits per heavy atom. The fraction of sp³-hybridized carbons (Fsp3) is 0.533. The average molecular weight is 280 g/mol. The number of hydrogen-bond donors (Lipinski definition) is 2. The van der Waals surface area contributed by atoms with Crippen LogP contribution < -0.4 is 11.1 Å². The molecule has 1 fully saturated rings. The summed E-state index contributed by atoms with van der Waals surface area (Å²) in [6, 6.07) is 8.44. The van der Waals surface area contributed by atoms with Gasteiger partial charge < -0.3 is 11.1 Å². The van der Waals surface area contributed by atoms with Crippen molar-refractivity contribution in [2.24, 2.45) is 10.7 Å². The highest BCUT2D eigenvalue weighted by molar-refractivity contribution is 6.30. The van der Waals surface area contributed by atoms with E-state index in [0.29, 0.717) is 17.9 Å². The molecule has 0 unspecified atom stereocenters. The van der Waals surface area contributed by atoms with Crippen LogP contribution in [-0.4, -0.2) is 17.5 Å². The van der Waals surface area contributed by atoms with E-state index in [9.17, 15) is 0 Å². The first-order valence-electron chi connectivity index (χ1n) is 6.70. The lowest BCUT2D eigenvalue weighted by Gasteiger charge is -2.33. The summed E-state index contributed by atoms with van der Waals surface area (Å²) in [7, 11) is 0. The molecule has 1 aliphatic carbocycles. The maximum absolute atomic E-state index is 5.90. The van der Waals surface area contributed by atoms with Crippen LogP contribution >= 0.6 is 11.6 Å². The van der Waals surface area contributed by atoms with Gasteiger partial charge in [0.25, 0.3) is 0 Å². The Labute approximate surface area is 120 Å². The summed E-state index contributed by atoms with van der Waals surface area (Å²) in [5, 5.41) is 3.98. The van der Waals surface area contributed by atoms with Crippen molar-refractivity contribution in [3.8, 4) is 0 Å². The molecule has 0 bridgehead atoms. The molecular formula is C15H22ClN3. The first kappa shape index (κ1) is 14.2. The molecule has 4 heteroatoms. The molecule has 0 saturated heterocycles. The Bertz CT molecular complexity index is 453. The summed E-state index contributed by atoms with van der Waals surface area (Å²) in [5.74, 6) is 1.14. The second-order valence-corrected chi connectivity index (χ2v) is 6.70. The van der Waals surface area contributed by atoms with Crippen molar-refractivity contribution in [1.29, 1.82) is 0 Å². The number of aliphatic imine (C=N–C) groups is 1. The largest absolute Gasteiger partial charge is 0.370 e. The molecule has 1 aliphatic rings. The van der Waals surface area contributed by atoms with Gasteiger partial charge in [-0.3, -0.25) is 4.99 Å². The highest BCUT2D eigenvalue weighted by Gasteiger charge is 2.30. The van der Waals surface area contributed by atoms with Crippen molar-refractivity contribution in [3.63, 3.8) is 0 Å². The first-order valence-corrected chi connectivity index (χ1v) is 7.08. The molecular weight excluding hydrogens is 258 g/mol. The minimum atomic E-state index is -0.0348. The maximum atomic E-state index is 5.90. The third-order valence-electron chi connectivity index (χ3n) is 3.28. The van der Waals surface area contributed by atoms with Crippen LogP contribution in [0.2, 0.25) is 5.02 Å². The minimum Gasteiger partial charge on any atom is -0.370 e.